The third-order valence-electron chi connectivity index (χ3n) is 5.71. The fourth-order valence-corrected chi connectivity index (χ4v) is 4.33. The van der Waals surface area contributed by atoms with Gasteiger partial charge in [-0.05, 0) is 61.7 Å². The van der Waals surface area contributed by atoms with Crippen molar-refractivity contribution in [2.24, 2.45) is 0 Å². The molecule has 1 atom stereocenters. The quantitative estimate of drug-likeness (QED) is 0.538. The van der Waals surface area contributed by atoms with E-state index < -0.39 is 24.1 Å². The third-order valence-corrected chi connectivity index (χ3v) is 5.71. The lowest BCUT2D eigenvalue weighted by Crippen LogP contribution is -2.47. The zero-order chi connectivity index (χ0) is 22.2. The first kappa shape index (κ1) is 21.5. The molecule has 4 nitrogen and oxygen atoms in total. The minimum Gasteiger partial charge on any atom is -0.435 e. The van der Waals surface area contributed by atoms with Crippen LogP contribution in [-0.2, 0) is 11.9 Å². The fraction of sp³-hybridized carbons (Fsp3) is 0.409. The number of halogens is 5. The minimum absolute atomic E-state index is 0.0619. The fourth-order valence-electron chi connectivity index (χ4n) is 4.33. The van der Waals surface area contributed by atoms with Gasteiger partial charge in [0.15, 0.2) is 6.54 Å². The summed E-state index contributed by atoms with van der Waals surface area (Å²) in [5.74, 6) is 0.695. The molecular weight excluding hydrogens is 419 g/mol. The van der Waals surface area contributed by atoms with Gasteiger partial charge in [-0.2, -0.15) is 26.9 Å². The van der Waals surface area contributed by atoms with Crippen molar-refractivity contribution < 1.29 is 36.4 Å². The van der Waals surface area contributed by atoms with Crippen molar-refractivity contribution in [2.75, 3.05) is 18.0 Å². The van der Waals surface area contributed by atoms with Gasteiger partial charge in [0.25, 0.3) is 11.6 Å². The number of anilines is 1. The Morgan fingerprint density at radius 1 is 1.03 bits per heavy atom. The molecule has 4 rings (SSSR count). The molecule has 0 spiro atoms. The predicted octanol–water partition coefficient (Wildman–Crippen LogP) is 4.96. The third kappa shape index (κ3) is 4.23. The summed E-state index contributed by atoms with van der Waals surface area (Å²) < 4.78 is 71.3. The van der Waals surface area contributed by atoms with Gasteiger partial charge in [-0.25, -0.2) is 0 Å². The second kappa shape index (κ2) is 8.11. The van der Waals surface area contributed by atoms with E-state index in [9.17, 15) is 27.1 Å². The van der Waals surface area contributed by atoms with E-state index in [0.29, 0.717) is 18.5 Å². The SMILES string of the molecule is O[C@@]1(c2ccc(OC(F)F)cc2)C[N+]2=C(CCCCC2)N1c1cccc(C(F)(F)F)c1. The largest absolute Gasteiger partial charge is 0.435 e. The molecule has 0 aliphatic carbocycles. The summed E-state index contributed by atoms with van der Waals surface area (Å²) >= 11 is 0. The Hall–Kier alpha value is -2.68. The summed E-state index contributed by atoms with van der Waals surface area (Å²) in [6.07, 6.45) is -1.13. The molecule has 2 aliphatic heterocycles. The first-order chi connectivity index (χ1) is 14.7. The minimum atomic E-state index is -4.52. The molecule has 0 fully saturated rings. The van der Waals surface area contributed by atoms with E-state index in [0.717, 1.165) is 37.2 Å². The number of hydrogen-bond donors (Lipinski definition) is 1. The maximum Gasteiger partial charge on any atom is 0.416 e. The maximum atomic E-state index is 13.3. The van der Waals surface area contributed by atoms with Crippen molar-refractivity contribution in [3.63, 3.8) is 0 Å². The van der Waals surface area contributed by atoms with Gasteiger partial charge in [-0.3, -0.25) is 4.58 Å². The van der Waals surface area contributed by atoms with Gasteiger partial charge in [0.05, 0.1) is 12.1 Å². The average molecular weight is 441 g/mol. The number of hydrogen-bond acceptors (Lipinski definition) is 3. The molecule has 0 saturated carbocycles. The molecule has 166 valence electrons. The lowest BCUT2D eigenvalue weighted by molar-refractivity contribution is -0.534. The van der Waals surface area contributed by atoms with Crippen LogP contribution in [0.5, 0.6) is 5.75 Å². The van der Waals surface area contributed by atoms with Crippen LogP contribution in [-0.4, -0.2) is 35.2 Å². The molecule has 0 radical (unpaired) electrons. The van der Waals surface area contributed by atoms with E-state index >= 15 is 0 Å². The Balaban J connectivity index is 1.78. The van der Waals surface area contributed by atoms with Crippen LogP contribution < -0.4 is 9.64 Å². The van der Waals surface area contributed by atoms with E-state index in [2.05, 4.69) is 4.74 Å². The number of benzene rings is 2. The summed E-state index contributed by atoms with van der Waals surface area (Å²) in [5, 5.41) is 11.8. The molecule has 0 saturated heterocycles. The number of alkyl halides is 5. The highest BCUT2D eigenvalue weighted by Crippen LogP contribution is 2.40. The lowest BCUT2D eigenvalue weighted by Gasteiger charge is -2.29. The molecule has 0 unspecified atom stereocenters. The first-order valence-corrected chi connectivity index (χ1v) is 10.0. The molecule has 0 bridgehead atoms. The van der Waals surface area contributed by atoms with Gasteiger partial charge < -0.3 is 9.84 Å². The predicted molar refractivity (Wildman–Crippen MR) is 104 cm³/mol. The normalized spacial score (nSPS) is 22.0. The average Bonchev–Trinajstić information content (AvgIpc) is 2.83. The smallest absolute Gasteiger partial charge is 0.416 e. The first-order valence-electron chi connectivity index (χ1n) is 10.0. The standard InChI is InChI=1S/C22H22F5N2O2/c23-20(24)31-18-10-8-15(9-11-18)21(30)14-28-12-3-1-2-7-19(28)29(21)17-6-4-5-16(13-17)22(25,26)27/h4-6,8-11,13,20,30H,1-3,7,12,14H2/q+1/t21-/m1/s1. The highest BCUT2D eigenvalue weighted by atomic mass is 19.4. The van der Waals surface area contributed by atoms with E-state index in [4.69, 9.17) is 0 Å². The number of ether oxygens (including phenoxy) is 1. The molecule has 1 N–H and O–H groups in total. The van der Waals surface area contributed by atoms with Crippen molar-refractivity contribution in [3.05, 3.63) is 59.7 Å². The summed E-state index contributed by atoms with van der Waals surface area (Å²) in [5.41, 5.74) is -1.85. The molecule has 2 heterocycles. The van der Waals surface area contributed by atoms with Crippen molar-refractivity contribution >= 4 is 11.5 Å². The van der Waals surface area contributed by atoms with Gasteiger partial charge in [0, 0.05) is 12.0 Å². The molecule has 0 amide bonds. The Bertz CT molecular complexity index is 975. The van der Waals surface area contributed by atoms with Crippen molar-refractivity contribution in [1.82, 2.24) is 0 Å². The second-order valence-corrected chi connectivity index (χ2v) is 7.75. The van der Waals surface area contributed by atoms with Crippen LogP contribution in [0.15, 0.2) is 48.5 Å². The van der Waals surface area contributed by atoms with E-state index in [1.54, 1.807) is 4.90 Å². The van der Waals surface area contributed by atoms with E-state index in [1.807, 2.05) is 4.58 Å². The molecule has 2 aliphatic rings. The Labute approximate surface area is 176 Å². The maximum absolute atomic E-state index is 13.3. The van der Waals surface area contributed by atoms with Crippen LogP contribution >= 0.6 is 0 Å². The van der Waals surface area contributed by atoms with E-state index in [1.165, 1.54) is 36.4 Å². The van der Waals surface area contributed by atoms with Crippen molar-refractivity contribution in [1.29, 1.82) is 0 Å². The monoisotopic (exact) mass is 441 g/mol. The van der Waals surface area contributed by atoms with Gasteiger partial charge >= 0.3 is 12.8 Å². The molecule has 9 heteroatoms. The number of rotatable bonds is 4. The van der Waals surface area contributed by atoms with Crippen LogP contribution in [0.3, 0.4) is 0 Å². The summed E-state index contributed by atoms with van der Waals surface area (Å²) in [6, 6.07) is 10.4. The van der Waals surface area contributed by atoms with Gasteiger partial charge in [-0.15, -0.1) is 0 Å². The summed E-state index contributed by atoms with van der Waals surface area (Å²) in [6.45, 7) is -2.14. The van der Waals surface area contributed by atoms with Crippen LogP contribution in [0.1, 0.15) is 36.8 Å². The molecule has 31 heavy (non-hydrogen) atoms. The Morgan fingerprint density at radius 2 is 1.77 bits per heavy atom. The molecule has 0 aromatic heterocycles. The highest BCUT2D eigenvalue weighted by Gasteiger charge is 2.54. The Kier molecular flexibility index (Phi) is 5.63. The van der Waals surface area contributed by atoms with Crippen LogP contribution in [0.25, 0.3) is 0 Å². The van der Waals surface area contributed by atoms with E-state index in [-0.39, 0.29) is 18.0 Å². The lowest BCUT2D eigenvalue weighted by atomic mass is 9.99. The van der Waals surface area contributed by atoms with Crippen molar-refractivity contribution in [2.45, 2.75) is 44.2 Å². The van der Waals surface area contributed by atoms with Crippen LogP contribution in [0.4, 0.5) is 27.6 Å². The van der Waals surface area contributed by atoms with Crippen LogP contribution in [0, 0.1) is 0 Å². The summed E-state index contributed by atoms with van der Waals surface area (Å²) in [4.78, 5) is 1.55. The van der Waals surface area contributed by atoms with Gasteiger partial charge in [0.2, 0.25) is 0 Å². The zero-order valence-corrected chi connectivity index (χ0v) is 16.6. The molecular formula is C22H22F5N2O2+. The highest BCUT2D eigenvalue weighted by molar-refractivity contribution is 5.97. The Morgan fingerprint density at radius 3 is 2.45 bits per heavy atom. The molecule has 2 aromatic rings. The number of nitrogens with zero attached hydrogens (tertiary/aromatic N) is 2. The van der Waals surface area contributed by atoms with Gasteiger partial charge in [0.1, 0.15) is 11.4 Å². The summed E-state index contributed by atoms with van der Waals surface area (Å²) in [7, 11) is 0. The zero-order valence-electron chi connectivity index (χ0n) is 16.6. The molecule has 2 aromatic carbocycles. The van der Waals surface area contributed by atoms with Crippen LogP contribution in [0.2, 0.25) is 0 Å². The number of aliphatic hydroxyl groups is 1. The van der Waals surface area contributed by atoms with Gasteiger partial charge in [-0.1, -0.05) is 6.07 Å². The topological polar surface area (TPSA) is 35.7 Å². The number of amidine groups is 1. The van der Waals surface area contributed by atoms with Crippen molar-refractivity contribution in [3.8, 4) is 5.75 Å². The second-order valence-electron chi connectivity index (χ2n) is 7.75.